The topological polar surface area (TPSA) is 36.7 Å². The van der Waals surface area contributed by atoms with Gasteiger partial charge in [0.1, 0.15) is 4.60 Å². The van der Waals surface area contributed by atoms with Gasteiger partial charge in [-0.25, -0.2) is 4.98 Å². The van der Waals surface area contributed by atoms with E-state index >= 15 is 0 Å². The van der Waals surface area contributed by atoms with Crippen molar-refractivity contribution in [3.63, 3.8) is 0 Å². The van der Waals surface area contributed by atoms with E-state index in [1.54, 1.807) is 6.20 Å². The Morgan fingerprint density at radius 1 is 1.73 bits per heavy atom. The largest absolute Gasteiger partial charge is 0.249 e. The average molecular weight is 211 g/mol. The van der Waals surface area contributed by atoms with Crippen LogP contribution in [-0.4, -0.2) is 4.98 Å². The summed E-state index contributed by atoms with van der Waals surface area (Å²) in [5.41, 5.74) is 2.03. The normalized spacial score (nSPS) is 9.18. The van der Waals surface area contributed by atoms with E-state index in [2.05, 4.69) is 27.0 Å². The maximum Gasteiger partial charge on any atom is 0.108 e. The summed E-state index contributed by atoms with van der Waals surface area (Å²) in [5.74, 6) is 0. The number of halogens is 1. The highest BCUT2D eigenvalue weighted by Crippen LogP contribution is 2.13. The molecule has 56 valence electrons. The van der Waals surface area contributed by atoms with Gasteiger partial charge in [0.2, 0.25) is 0 Å². The summed E-state index contributed by atoms with van der Waals surface area (Å²) in [6.45, 7) is 1.96. The molecule has 0 unspecified atom stereocenters. The zero-order valence-corrected chi connectivity index (χ0v) is 7.72. The molecular formula is C8H7BrN2. The molecule has 1 aromatic heterocycles. The molecule has 11 heavy (non-hydrogen) atoms. The second kappa shape index (κ2) is 3.49. The van der Waals surface area contributed by atoms with E-state index < -0.39 is 0 Å². The lowest BCUT2D eigenvalue weighted by Crippen LogP contribution is -1.87. The fourth-order valence-electron chi connectivity index (χ4n) is 0.804. The summed E-state index contributed by atoms with van der Waals surface area (Å²) in [6.07, 6.45) is 2.14. The lowest BCUT2D eigenvalue weighted by Gasteiger charge is -1.97. The molecule has 0 aromatic carbocycles. The average Bonchev–Trinajstić information content (AvgIpc) is 1.98. The summed E-state index contributed by atoms with van der Waals surface area (Å²) < 4.78 is 0.846. The SMILES string of the molecule is Cc1cc(CC#N)cnc1Br. The number of rotatable bonds is 1. The molecule has 0 bridgehead atoms. The highest BCUT2D eigenvalue weighted by atomic mass is 79.9. The lowest BCUT2D eigenvalue weighted by molar-refractivity contribution is 1.14. The summed E-state index contributed by atoms with van der Waals surface area (Å²) in [5, 5.41) is 8.39. The number of nitrogens with zero attached hydrogens (tertiary/aromatic N) is 2. The van der Waals surface area contributed by atoms with Gasteiger partial charge in [0.05, 0.1) is 12.5 Å². The van der Waals surface area contributed by atoms with Crippen molar-refractivity contribution >= 4 is 15.9 Å². The van der Waals surface area contributed by atoms with E-state index in [4.69, 9.17) is 5.26 Å². The molecule has 0 aliphatic carbocycles. The summed E-state index contributed by atoms with van der Waals surface area (Å²) in [7, 11) is 0. The smallest absolute Gasteiger partial charge is 0.108 e. The van der Waals surface area contributed by atoms with Crippen LogP contribution in [0.3, 0.4) is 0 Å². The van der Waals surface area contributed by atoms with Crippen LogP contribution >= 0.6 is 15.9 Å². The Kier molecular flexibility index (Phi) is 2.61. The molecule has 0 saturated heterocycles. The van der Waals surface area contributed by atoms with Crippen LogP contribution in [-0.2, 0) is 6.42 Å². The van der Waals surface area contributed by atoms with Gasteiger partial charge in [0.15, 0.2) is 0 Å². The zero-order valence-electron chi connectivity index (χ0n) is 6.13. The molecule has 1 heterocycles. The molecule has 0 aliphatic rings. The number of hydrogen-bond acceptors (Lipinski definition) is 2. The Labute approximate surface area is 74.0 Å². The second-order valence-corrected chi connectivity index (χ2v) is 3.04. The number of pyridine rings is 1. The first-order chi connectivity index (χ1) is 5.24. The summed E-state index contributed by atoms with van der Waals surface area (Å²) in [4.78, 5) is 4.06. The molecular weight excluding hydrogens is 204 g/mol. The van der Waals surface area contributed by atoms with E-state index in [-0.39, 0.29) is 0 Å². The number of hydrogen-bond donors (Lipinski definition) is 0. The number of aryl methyl sites for hydroxylation is 1. The number of aromatic nitrogens is 1. The Bertz CT molecular complexity index is 301. The van der Waals surface area contributed by atoms with Crippen molar-refractivity contribution in [3.8, 4) is 6.07 Å². The first-order valence-electron chi connectivity index (χ1n) is 3.22. The lowest BCUT2D eigenvalue weighted by atomic mass is 10.2. The predicted molar refractivity (Wildman–Crippen MR) is 46.0 cm³/mol. The summed E-state index contributed by atoms with van der Waals surface area (Å²) >= 11 is 3.29. The molecule has 0 amide bonds. The fraction of sp³-hybridized carbons (Fsp3) is 0.250. The standard InChI is InChI=1S/C8H7BrN2/c1-6-4-7(2-3-10)5-11-8(6)9/h4-5H,2H2,1H3. The Balaban J connectivity index is 2.98. The van der Waals surface area contributed by atoms with Crippen molar-refractivity contribution in [2.45, 2.75) is 13.3 Å². The quantitative estimate of drug-likeness (QED) is 0.667. The maximum absolute atomic E-state index is 8.39. The fourth-order valence-corrected chi connectivity index (χ4v) is 1.02. The van der Waals surface area contributed by atoms with E-state index in [1.807, 2.05) is 13.0 Å². The van der Waals surface area contributed by atoms with Crippen LogP contribution in [0, 0.1) is 18.3 Å². The molecule has 0 N–H and O–H groups in total. The van der Waals surface area contributed by atoms with Gasteiger partial charge in [0, 0.05) is 6.20 Å². The van der Waals surface area contributed by atoms with Crippen LogP contribution in [0.25, 0.3) is 0 Å². The van der Waals surface area contributed by atoms with Crippen LogP contribution < -0.4 is 0 Å². The Morgan fingerprint density at radius 3 is 3.00 bits per heavy atom. The van der Waals surface area contributed by atoms with Crippen LogP contribution in [0.2, 0.25) is 0 Å². The minimum Gasteiger partial charge on any atom is -0.249 e. The number of nitriles is 1. The van der Waals surface area contributed by atoms with Gasteiger partial charge in [-0.1, -0.05) is 6.07 Å². The monoisotopic (exact) mass is 210 g/mol. The minimum atomic E-state index is 0.432. The van der Waals surface area contributed by atoms with Gasteiger partial charge in [-0.05, 0) is 34.0 Å². The third-order valence-electron chi connectivity index (χ3n) is 1.35. The Morgan fingerprint density at radius 2 is 2.45 bits per heavy atom. The van der Waals surface area contributed by atoms with E-state index in [0.29, 0.717) is 6.42 Å². The summed E-state index contributed by atoms with van der Waals surface area (Å²) in [6, 6.07) is 4.03. The van der Waals surface area contributed by atoms with Crippen molar-refractivity contribution in [2.75, 3.05) is 0 Å². The highest BCUT2D eigenvalue weighted by Gasteiger charge is 1.96. The van der Waals surface area contributed by atoms with Gasteiger partial charge >= 0.3 is 0 Å². The molecule has 0 aliphatic heterocycles. The molecule has 0 saturated carbocycles. The molecule has 0 spiro atoms. The van der Waals surface area contributed by atoms with Gasteiger partial charge in [-0.15, -0.1) is 0 Å². The second-order valence-electron chi connectivity index (χ2n) is 2.29. The molecule has 1 aromatic rings. The molecule has 2 nitrogen and oxygen atoms in total. The van der Waals surface area contributed by atoms with E-state index in [0.717, 1.165) is 15.7 Å². The van der Waals surface area contributed by atoms with Crippen LogP contribution in [0.15, 0.2) is 16.9 Å². The van der Waals surface area contributed by atoms with Gasteiger partial charge < -0.3 is 0 Å². The predicted octanol–water partition coefficient (Wildman–Crippen LogP) is 2.22. The van der Waals surface area contributed by atoms with E-state index in [1.165, 1.54) is 0 Å². The molecule has 0 fully saturated rings. The van der Waals surface area contributed by atoms with Crippen LogP contribution in [0.1, 0.15) is 11.1 Å². The molecule has 3 heteroatoms. The zero-order chi connectivity index (χ0) is 8.27. The van der Waals surface area contributed by atoms with Crippen molar-refractivity contribution < 1.29 is 0 Å². The van der Waals surface area contributed by atoms with Gasteiger partial charge in [0.25, 0.3) is 0 Å². The third-order valence-corrected chi connectivity index (χ3v) is 2.18. The van der Waals surface area contributed by atoms with Gasteiger partial charge in [-0.3, -0.25) is 0 Å². The van der Waals surface area contributed by atoms with Crippen molar-refractivity contribution in [1.29, 1.82) is 5.26 Å². The molecule has 1 rings (SSSR count). The van der Waals surface area contributed by atoms with Crippen molar-refractivity contribution in [2.24, 2.45) is 0 Å². The third kappa shape index (κ3) is 2.02. The van der Waals surface area contributed by atoms with Gasteiger partial charge in [-0.2, -0.15) is 5.26 Å². The first kappa shape index (κ1) is 8.22. The van der Waals surface area contributed by atoms with Crippen molar-refractivity contribution in [3.05, 3.63) is 28.0 Å². The molecule has 0 atom stereocenters. The minimum absolute atomic E-state index is 0.432. The van der Waals surface area contributed by atoms with Crippen molar-refractivity contribution in [1.82, 2.24) is 4.98 Å². The van der Waals surface area contributed by atoms with E-state index in [9.17, 15) is 0 Å². The first-order valence-corrected chi connectivity index (χ1v) is 4.01. The van der Waals surface area contributed by atoms with Crippen LogP contribution in [0.5, 0.6) is 0 Å². The highest BCUT2D eigenvalue weighted by molar-refractivity contribution is 9.10. The Hall–Kier alpha value is -0.880. The maximum atomic E-state index is 8.39. The van der Waals surface area contributed by atoms with Crippen LogP contribution in [0.4, 0.5) is 0 Å². The molecule has 0 radical (unpaired) electrons.